The topological polar surface area (TPSA) is 0 Å². The predicted octanol–water partition coefficient (Wildman–Crippen LogP) is 6.36. The molecule has 0 fully saturated rings. The van der Waals surface area contributed by atoms with Crippen molar-refractivity contribution < 1.29 is 0 Å². The van der Waals surface area contributed by atoms with Gasteiger partial charge in [-0.3, -0.25) is 0 Å². The summed E-state index contributed by atoms with van der Waals surface area (Å²) < 4.78 is 1.28. The summed E-state index contributed by atoms with van der Waals surface area (Å²) in [7, 11) is 0. The summed E-state index contributed by atoms with van der Waals surface area (Å²) in [6, 6.07) is 4.49. The molecule has 0 saturated heterocycles. The Morgan fingerprint density at radius 1 is 1.06 bits per heavy atom. The highest BCUT2D eigenvalue weighted by Gasteiger charge is 2.12. The van der Waals surface area contributed by atoms with Crippen molar-refractivity contribution in [2.45, 2.75) is 64.7 Å². The molecule has 0 bridgehead atoms. The molecule has 1 aromatic rings. The maximum atomic E-state index is 3.56. The van der Waals surface area contributed by atoms with Crippen molar-refractivity contribution in [2.24, 2.45) is 0 Å². The van der Waals surface area contributed by atoms with Crippen LogP contribution in [0, 0.1) is 0 Å². The zero-order valence-corrected chi connectivity index (χ0v) is 12.9. The molecule has 0 saturated carbocycles. The molecule has 1 rings (SSSR count). The fourth-order valence-electron chi connectivity index (χ4n) is 2.14. The minimum atomic E-state index is 0.804. The lowest BCUT2D eigenvalue weighted by Gasteiger charge is -2.14. The first kappa shape index (κ1) is 14.2. The second kappa shape index (κ2) is 8.30. The van der Waals surface area contributed by atoms with Gasteiger partial charge < -0.3 is 0 Å². The molecule has 16 heavy (non-hydrogen) atoms. The van der Waals surface area contributed by atoms with Gasteiger partial charge in [-0.05, 0) is 46.8 Å². The first-order valence-corrected chi connectivity index (χ1v) is 8.14. The average molecular weight is 303 g/mol. The van der Waals surface area contributed by atoms with E-state index in [-0.39, 0.29) is 0 Å². The molecule has 1 aromatic heterocycles. The maximum Gasteiger partial charge on any atom is 0.0701 e. The molecule has 0 amide bonds. The molecule has 0 nitrogen and oxygen atoms in total. The SMILES string of the molecule is CCCCCCC(CCC)c1ccc(Br)s1. The van der Waals surface area contributed by atoms with Crippen LogP contribution >= 0.6 is 27.3 Å². The van der Waals surface area contributed by atoms with Gasteiger partial charge in [0.15, 0.2) is 0 Å². The molecule has 0 aromatic carbocycles. The summed E-state index contributed by atoms with van der Waals surface area (Å²) >= 11 is 5.48. The van der Waals surface area contributed by atoms with E-state index in [1.807, 2.05) is 11.3 Å². The Hall–Kier alpha value is 0.180. The summed E-state index contributed by atoms with van der Waals surface area (Å²) in [6.45, 7) is 4.57. The van der Waals surface area contributed by atoms with Crippen molar-refractivity contribution in [1.29, 1.82) is 0 Å². The van der Waals surface area contributed by atoms with Gasteiger partial charge in [0.25, 0.3) is 0 Å². The van der Waals surface area contributed by atoms with E-state index in [2.05, 4.69) is 41.9 Å². The molecule has 1 heterocycles. The van der Waals surface area contributed by atoms with Gasteiger partial charge in [0.1, 0.15) is 0 Å². The third kappa shape index (κ3) is 5.01. The fraction of sp³-hybridized carbons (Fsp3) is 0.714. The number of hydrogen-bond donors (Lipinski definition) is 0. The molecule has 0 spiro atoms. The van der Waals surface area contributed by atoms with Crippen LogP contribution in [-0.2, 0) is 0 Å². The summed E-state index contributed by atoms with van der Waals surface area (Å²) in [5, 5.41) is 0. The molecular formula is C14H23BrS. The van der Waals surface area contributed by atoms with Crippen LogP contribution < -0.4 is 0 Å². The highest BCUT2D eigenvalue weighted by atomic mass is 79.9. The minimum absolute atomic E-state index is 0.804. The Morgan fingerprint density at radius 2 is 1.88 bits per heavy atom. The van der Waals surface area contributed by atoms with Gasteiger partial charge in [0.2, 0.25) is 0 Å². The molecule has 0 N–H and O–H groups in total. The summed E-state index contributed by atoms with van der Waals surface area (Å²) in [5.41, 5.74) is 0. The molecule has 2 heteroatoms. The number of thiophene rings is 1. The largest absolute Gasteiger partial charge is 0.133 e. The van der Waals surface area contributed by atoms with Crippen molar-refractivity contribution in [2.75, 3.05) is 0 Å². The van der Waals surface area contributed by atoms with Crippen LogP contribution in [0.3, 0.4) is 0 Å². The van der Waals surface area contributed by atoms with Crippen molar-refractivity contribution in [3.8, 4) is 0 Å². The number of unbranched alkanes of at least 4 members (excludes halogenated alkanes) is 3. The molecule has 92 valence electrons. The second-order valence-electron chi connectivity index (χ2n) is 4.48. The van der Waals surface area contributed by atoms with E-state index in [0.717, 1.165) is 5.92 Å². The quantitative estimate of drug-likeness (QED) is 0.490. The van der Waals surface area contributed by atoms with Crippen LogP contribution in [-0.4, -0.2) is 0 Å². The van der Waals surface area contributed by atoms with Crippen molar-refractivity contribution >= 4 is 27.3 Å². The zero-order chi connectivity index (χ0) is 11.8. The molecule has 1 atom stereocenters. The Kier molecular flexibility index (Phi) is 7.39. The fourth-order valence-corrected chi connectivity index (χ4v) is 3.74. The van der Waals surface area contributed by atoms with E-state index in [4.69, 9.17) is 0 Å². The monoisotopic (exact) mass is 302 g/mol. The van der Waals surface area contributed by atoms with Crippen LogP contribution in [0.1, 0.15) is 69.6 Å². The smallest absolute Gasteiger partial charge is 0.0701 e. The number of halogens is 1. The Bertz CT molecular complexity index is 280. The van der Waals surface area contributed by atoms with Gasteiger partial charge >= 0.3 is 0 Å². The summed E-state index contributed by atoms with van der Waals surface area (Å²) in [5.74, 6) is 0.804. The normalized spacial score (nSPS) is 12.9. The van der Waals surface area contributed by atoms with Crippen molar-refractivity contribution in [1.82, 2.24) is 0 Å². The Labute approximate surface area is 113 Å². The molecule has 0 radical (unpaired) electrons. The standard InChI is InChI=1S/C14H23BrS/c1-3-5-6-7-9-12(8-4-2)13-10-11-14(15)16-13/h10-12H,3-9H2,1-2H3. The van der Waals surface area contributed by atoms with E-state index in [1.165, 1.54) is 48.7 Å². The third-order valence-corrected chi connectivity index (χ3v) is 4.83. The molecule has 0 aliphatic carbocycles. The van der Waals surface area contributed by atoms with Crippen molar-refractivity contribution in [3.63, 3.8) is 0 Å². The minimum Gasteiger partial charge on any atom is -0.133 e. The lowest BCUT2D eigenvalue weighted by molar-refractivity contribution is 0.527. The third-order valence-electron chi connectivity index (χ3n) is 3.04. The Morgan fingerprint density at radius 3 is 2.44 bits per heavy atom. The van der Waals surface area contributed by atoms with E-state index in [1.54, 1.807) is 4.88 Å². The zero-order valence-electron chi connectivity index (χ0n) is 10.5. The lowest BCUT2D eigenvalue weighted by Crippen LogP contribution is -1.96. The van der Waals surface area contributed by atoms with Gasteiger partial charge in [-0.25, -0.2) is 0 Å². The van der Waals surface area contributed by atoms with Gasteiger partial charge in [-0.15, -0.1) is 11.3 Å². The molecule has 1 unspecified atom stereocenters. The molecular weight excluding hydrogens is 280 g/mol. The van der Waals surface area contributed by atoms with Gasteiger partial charge in [0.05, 0.1) is 3.79 Å². The van der Waals surface area contributed by atoms with Crippen LogP contribution in [0.15, 0.2) is 15.9 Å². The summed E-state index contributed by atoms with van der Waals surface area (Å²) in [6.07, 6.45) is 9.56. The van der Waals surface area contributed by atoms with Crippen LogP contribution in [0.25, 0.3) is 0 Å². The first-order valence-electron chi connectivity index (χ1n) is 6.53. The van der Waals surface area contributed by atoms with Crippen LogP contribution in [0.4, 0.5) is 0 Å². The van der Waals surface area contributed by atoms with Crippen LogP contribution in [0.5, 0.6) is 0 Å². The van der Waals surface area contributed by atoms with Crippen molar-refractivity contribution in [3.05, 3.63) is 20.8 Å². The van der Waals surface area contributed by atoms with Crippen LogP contribution in [0.2, 0.25) is 0 Å². The highest BCUT2D eigenvalue weighted by Crippen LogP contribution is 2.34. The van der Waals surface area contributed by atoms with Gasteiger partial charge in [-0.2, -0.15) is 0 Å². The van der Waals surface area contributed by atoms with Gasteiger partial charge in [0, 0.05) is 4.88 Å². The first-order chi connectivity index (χ1) is 7.77. The average Bonchev–Trinajstić information content (AvgIpc) is 2.69. The molecule has 0 aliphatic heterocycles. The second-order valence-corrected chi connectivity index (χ2v) is 6.97. The molecule has 0 aliphatic rings. The maximum absolute atomic E-state index is 3.56. The van der Waals surface area contributed by atoms with E-state index in [9.17, 15) is 0 Å². The predicted molar refractivity (Wildman–Crippen MR) is 78.4 cm³/mol. The number of hydrogen-bond acceptors (Lipinski definition) is 1. The van der Waals surface area contributed by atoms with Gasteiger partial charge in [-0.1, -0.05) is 46.0 Å². The number of rotatable bonds is 8. The summed E-state index contributed by atoms with van der Waals surface area (Å²) in [4.78, 5) is 1.57. The van der Waals surface area contributed by atoms with E-state index in [0.29, 0.717) is 0 Å². The highest BCUT2D eigenvalue weighted by molar-refractivity contribution is 9.11. The Balaban J connectivity index is 2.41. The van der Waals surface area contributed by atoms with E-state index >= 15 is 0 Å². The van der Waals surface area contributed by atoms with E-state index < -0.39 is 0 Å². The lowest BCUT2D eigenvalue weighted by atomic mass is 9.95.